The SMILES string of the molecule is CC1=CC[C@@]2(C)[C@@H](CC[C@@H]3[C@@H]2CC[C@]2(C)[C@@H]4[C@H](C[C@@H]32)O[C@@]2(CC[C@H](C)CN2)[C@H]4C)C1. The van der Waals surface area contributed by atoms with E-state index in [0.29, 0.717) is 22.9 Å². The molecule has 1 N–H and O–H groups in total. The summed E-state index contributed by atoms with van der Waals surface area (Å²) in [6.45, 7) is 13.8. The number of hydrogen-bond donors (Lipinski definition) is 1. The lowest BCUT2D eigenvalue weighted by molar-refractivity contribution is -0.126. The molecule has 11 atom stereocenters. The first kappa shape index (κ1) is 20.3. The van der Waals surface area contributed by atoms with Gasteiger partial charge in [-0.25, -0.2) is 0 Å². The number of allylic oxidation sites excluding steroid dienone is 2. The van der Waals surface area contributed by atoms with Crippen LogP contribution in [0.15, 0.2) is 11.6 Å². The van der Waals surface area contributed by atoms with E-state index in [1.165, 1.54) is 57.8 Å². The van der Waals surface area contributed by atoms with E-state index < -0.39 is 0 Å². The lowest BCUT2D eigenvalue weighted by Gasteiger charge is -2.60. The van der Waals surface area contributed by atoms with Crippen LogP contribution in [0.25, 0.3) is 0 Å². The maximum absolute atomic E-state index is 7.04. The van der Waals surface area contributed by atoms with Crippen LogP contribution in [0.5, 0.6) is 0 Å². The van der Waals surface area contributed by atoms with Crippen molar-refractivity contribution in [2.24, 2.45) is 52.3 Å². The quantitative estimate of drug-likeness (QED) is 0.456. The summed E-state index contributed by atoms with van der Waals surface area (Å²) in [6, 6.07) is 0. The largest absolute Gasteiger partial charge is 0.357 e. The molecule has 4 aliphatic carbocycles. The second-order valence-electron chi connectivity index (χ2n) is 13.3. The summed E-state index contributed by atoms with van der Waals surface area (Å²) in [4.78, 5) is 0. The Morgan fingerprint density at radius 2 is 1.83 bits per heavy atom. The molecule has 5 fully saturated rings. The molecular formula is C28H45NO. The van der Waals surface area contributed by atoms with E-state index in [1.807, 2.05) is 0 Å². The highest BCUT2D eigenvalue weighted by Gasteiger charge is 2.68. The Hall–Kier alpha value is -0.340. The normalized spacial score (nSPS) is 59.8. The average molecular weight is 412 g/mol. The Morgan fingerprint density at radius 1 is 1.00 bits per heavy atom. The van der Waals surface area contributed by atoms with Crippen LogP contribution in [-0.2, 0) is 4.74 Å². The predicted octanol–water partition coefficient (Wildman–Crippen LogP) is 6.56. The highest BCUT2D eigenvalue weighted by atomic mass is 16.5. The van der Waals surface area contributed by atoms with Crippen LogP contribution >= 0.6 is 0 Å². The van der Waals surface area contributed by atoms with Crippen molar-refractivity contribution in [1.29, 1.82) is 0 Å². The molecule has 0 aromatic carbocycles. The van der Waals surface area contributed by atoms with Crippen LogP contribution < -0.4 is 5.32 Å². The third-order valence-corrected chi connectivity index (χ3v) is 12.0. The first-order chi connectivity index (χ1) is 14.3. The van der Waals surface area contributed by atoms with Gasteiger partial charge in [0.25, 0.3) is 0 Å². The summed E-state index contributed by atoms with van der Waals surface area (Å²) in [6.07, 6.45) is 15.6. The number of piperidine rings is 1. The summed E-state index contributed by atoms with van der Waals surface area (Å²) in [7, 11) is 0. The summed E-state index contributed by atoms with van der Waals surface area (Å²) in [5, 5.41) is 3.91. The summed E-state index contributed by atoms with van der Waals surface area (Å²) >= 11 is 0. The highest BCUT2D eigenvalue weighted by Crippen LogP contribution is 2.70. The molecule has 1 spiro atoms. The average Bonchev–Trinajstić information content (AvgIpc) is 3.16. The van der Waals surface area contributed by atoms with Crippen LogP contribution in [0, 0.1) is 52.3 Å². The van der Waals surface area contributed by atoms with Gasteiger partial charge in [0, 0.05) is 12.5 Å². The zero-order chi connectivity index (χ0) is 20.9. The molecule has 0 aromatic heterocycles. The van der Waals surface area contributed by atoms with Gasteiger partial charge in [0.05, 0.1) is 6.10 Å². The molecule has 168 valence electrons. The molecule has 2 nitrogen and oxygen atoms in total. The van der Waals surface area contributed by atoms with Gasteiger partial charge in [-0.2, -0.15) is 0 Å². The number of nitrogens with one attached hydrogen (secondary N) is 1. The second kappa shape index (κ2) is 6.60. The van der Waals surface area contributed by atoms with Gasteiger partial charge in [0.15, 0.2) is 0 Å². The third-order valence-electron chi connectivity index (χ3n) is 12.0. The van der Waals surface area contributed by atoms with Crippen molar-refractivity contribution in [1.82, 2.24) is 5.32 Å². The van der Waals surface area contributed by atoms with E-state index in [-0.39, 0.29) is 5.72 Å². The van der Waals surface area contributed by atoms with Gasteiger partial charge in [-0.3, -0.25) is 5.32 Å². The van der Waals surface area contributed by atoms with E-state index in [9.17, 15) is 0 Å². The van der Waals surface area contributed by atoms with Gasteiger partial charge in [-0.1, -0.05) is 39.3 Å². The molecule has 2 heterocycles. The van der Waals surface area contributed by atoms with Crippen molar-refractivity contribution >= 4 is 0 Å². The minimum absolute atomic E-state index is 0.0119. The fraction of sp³-hybridized carbons (Fsp3) is 0.929. The molecule has 0 amide bonds. The Bertz CT molecular complexity index is 735. The minimum Gasteiger partial charge on any atom is -0.357 e. The fourth-order valence-electron chi connectivity index (χ4n) is 10.3. The van der Waals surface area contributed by atoms with E-state index in [2.05, 4.69) is 46.0 Å². The van der Waals surface area contributed by atoms with Crippen molar-refractivity contribution in [3.8, 4) is 0 Å². The Morgan fingerprint density at radius 3 is 2.60 bits per heavy atom. The molecule has 30 heavy (non-hydrogen) atoms. The summed E-state index contributed by atoms with van der Waals surface area (Å²) in [5.74, 6) is 5.98. The molecule has 0 bridgehead atoms. The molecule has 2 saturated heterocycles. The Kier molecular flexibility index (Phi) is 4.46. The summed E-state index contributed by atoms with van der Waals surface area (Å²) < 4.78 is 7.04. The standard InChI is InChI=1S/C28H45NO/c1-17-8-11-26(4)20(14-17)6-7-21-22(26)10-12-27(5)23(21)15-24-25(27)19(3)28(30-24)13-9-18(2)16-29-28/h8,18-25,29H,6-7,9-16H2,1-5H3/t18-,19-,20-,21+,22-,23-,24-,25-,26-,27-,28-/m0/s1. The van der Waals surface area contributed by atoms with E-state index in [4.69, 9.17) is 4.74 Å². The van der Waals surface area contributed by atoms with E-state index in [0.717, 1.165) is 42.1 Å². The van der Waals surface area contributed by atoms with Crippen LogP contribution in [0.2, 0.25) is 0 Å². The number of hydrogen-bond acceptors (Lipinski definition) is 2. The predicted molar refractivity (Wildman–Crippen MR) is 123 cm³/mol. The van der Waals surface area contributed by atoms with E-state index in [1.54, 1.807) is 5.57 Å². The number of ether oxygens (including phenoxy) is 1. The molecule has 2 aliphatic heterocycles. The monoisotopic (exact) mass is 411 g/mol. The zero-order valence-corrected chi connectivity index (χ0v) is 20.2. The zero-order valence-electron chi connectivity index (χ0n) is 20.2. The molecule has 0 unspecified atom stereocenters. The van der Waals surface area contributed by atoms with Crippen molar-refractivity contribution in [2.75, 3.05) is 6.54 Å². The van der Waals surface area contributed by atoms with Crippen molar-refractivity contribution < 1.29 is 4.74 Å². The smallest absolute Gasteiger partial charge is 0.122 e. The maximum Gasteiger partial charge on any atom is 0.122 e. The first-order valence-electron chi connectivity index (χ1n) is 13.4. The maximum atomic E-state index is 7.04. The molecule has 0 radical (unpaired) electrons. The second-order valence-corrected chi connectivity index (χ2v) is 13.3. The molecule has 6 rings (SSSR count). The van der Waals surface area contributed by atoms with Gasteiger partial charge in [-0.15, -0.1) is 0 Å². The molecule has 3 saturated carbocycles. The van der Waals surface area contributed by atoms with E-state index >= 15 is 0 Å². The lowest BCUT2D eigenvalue weighted by Crippen LogP contribution is -2.57. The number of rotatable bonds is 0. The molecular weight excluding hydrogens is 366 g/mol. The van der Waals surface area contributed by atoms with Crippen molar-refractivity contribution in [3.05, 3.63) is 11.6 Å². The topological polar surface area (TPSA) is 21.3 Å². The highest BCUT2D eigenvalue weighted by molar-refractivity contribution is 5.18. The van der Waals surface area contributed by atoms with Gasteiger partial charge in [0.1, 0.15) is 5.72 Å². The van der Waals surface area contributed by atoms with Gasteiger partial charge >= 0.3 is 0 Å². The van der Waals surface area contributed by atoms with Crippen LogP contribution in [0.1, 0.15) is 92.4 Å². The molecule has 2 heteroatoms. The molecule has 6 aliphatic rings. The van der Waals surface area contributed by atoms with Crippen molar-refractivity contribution in [2.45, 2.75) is 104 Å². The third kappa shape index (κ3) is 2.56. The fourth-order valence-corrected chi connectivity index (χ4v) is 10.3. The van der Waals surface area contributed by atoms with Crippen LogP contribution in [0.3, 0.4) is 0 Å². The van der Waals surface area contributed by atoms with Gasteiger partial charge in [-0.05, 0) is 111 Å². The van der Waals surface area contributed by atoms with Crippen molar-refractivity contribution in [3.63, 3.8) is 0 Å². The molecule has 0 aromatic rings. The Labute approximate surface area is 185 Å². The van der Waals surface area contributed by atoms with Crippen LogP contribution in [0.4, 0.5) is 0 Å². The lowest BCUT2D eigenvalue weighted by atomic mass is 9.44. The van der Waals surface area contributed by atoms with Gasteiger partial charge in [0.2, 0.25) is 0 Å². The first-order valence-corrected chi connectivity index (χ1v) is 13.4. The van der Waals surface area contributed by atoms with Gasteiger partial charge < -0.3 is 4.74 Å². The summed E-state index contributed by atoms with van der Waals surface area (Å²) in [5.41, 5.74) is 2.72. The minimum atomic E-state index is -0.0119. The Balaban J connectivity index is 1.27. The number of fused-ring (bicyclic) bond motifs is 7. The van der Waals surface area contributed by atoms with Crippen LogP contribution in [-0.4, -0.2) is 18.4 Å².